The molecule has 1 atom stereocenters. The van der Waals surface area contributed by atoms with Crippen molar-refractivity contribution in [1.29, 1.82) is 5.26 Å². The van der Waals surface area contributed by atoms with Crippen molar-refractivity contribution in [3.63, 3.8) is 0 Å². The Labute approximate surface area is 88.9 Å². The molecule has 0 amide bonds. The molecule has 1 rings (SSSR count). The number of aryl methyl sites for hydroxylation is 1. The Morgan fingerprint density at radius 2 is 2.27 bits per heavy atom. The van der Waals surface area contributed by atoms with E-state index < -0.39 is 0 Å². The molecule has 0 aliphatic rings. The largest absolute Gasteiger partial charge is 0.326 e. The van der Waals surface area contributed by atoms with Gasteiger partial charge in [-0.2, -0.15) is 5.26 Å². The topological polar surface area (TPSA) is 71.8 Å². The van der Waals surface area contributed by atoms with E-state index in [0.717, 1.165) is 12.1 Å². The van der Waals surface area contributed by atoms with Gasteiger partial charge in [0, 0.05) is 18.3 Å². The zero-order valence-electron chi connectivity index (χ0n) is 9.03. The predicted molar refractivity (Wildman–Crippen MR) is 58.4 cm³/mol. The fourth-order valence-corrected chi connectivity index (χ4v) is 1.35. The van der Waals surface area contributed by atoms with Crippen LogP contribution in [0.3, 0.4) is 0 Å². The SMILES string of the molecule is CCC(N)Cn1c(C)ccc(C#N)c1=O. The second-order valence-electron chi connectivity index (χ2n) is 3.58. The third-order valence-corrected chi connectivity index (χ3v) is 2.45. The van der Waals surface area contributed by atoms with Gasteiger partial charge >= 0.3 is 0 Å². The number of nitriles is 1. The first-order chi connectivity index (χ1) is 7.10. The van der Waals surface area contributed by atoms with E-state index in [2.05, 4.69) is 0 Å². The van der Waals surface area contributed by atoms with Gasteiger partial charge in [0.05, 0.1) is 0 Å². The van der Waals surface area contributed by atoms with Crippen LogP contribution in [0.5, 0.6) is 0 Å². The molecule has 0 saturated heterocycles. The number of rotatable bonds is 3. The van der Waals surface area contributed by atoms with E-state index in [1.807, 2.05) is 19.9 Å². The van der Waals surface area contributed by atoms with Crippen molar-refractivity contribution in [3.05, 3.63) is 33.7 Å². The highest BCUT2D eigenvalue weighted by Crippen LogP contribution is 2.00. The molecule has 15 heavy (non-hydrogen) atoms. The summed E-state index contributed by atoms with van der Waals surface area (Å²) in [4.78, 5) is 11.8. The summed E-state index contributed by atoms with van der Waals surface area (Å²) in [6, 6.07) is 5.15. The Balaban J connectivity index is 3.17. The van der Waals surface area contributed by atoms with Crippen LogP contribution in [0.15, 0.2) is 16.9 Å². The van der Waals surface area contributed by atoms with Crippen molar-refractivity contribution in [2.45, 2.75) is 32.9 Å². The molecule has 4 heteroatoms. The number of aromatic nitrogens is 1. The van der Waals surface area contributed by atoms with Gasteiger partial charge in [-0.15, -0.1) is 0 Å². The Kier molecular flexibility index (Phi) is 3.64. The number of nitrogens with two attached hydrogens (primary N) is 1. The molecular weight excluding hydrogens is 190 g/mol. The first-order valence-electron chi connectivity index (χ1n) is 4.96. The van der Waals surface area contributed by atoms with E-state index in [9.17, 15) is 4.79 Å². The highest BCUT2D eigenvalue weighted by molar-refractivity contribution is 5.27. The van der Waals surface area contributed by atoms with Gasteiger partial charge in [0.25, 0.3) is 5.56 Å². The fraction of sp³-hybridized carbons (Fsp3) is 0.455. The van der Waals surface area contributed by atoms with Gasteiger partial charge in [-0.25, -0.2) is 0 Å². The van der Waals surface area contributed by atoms with Crippen LogP contribution < -0.4 is 11.3 Å². The van der Waals surface area contributed by atoms with Crippen molar-refractivity contribution in [3.8, 4) is 6.07 Å². The second kappa shape index (κ2) is 4.76. The zero-order valence-corrected chi connectivity index (χ0v) is 9.03. The van der Waals surface area contributed by atoms with Gasteiger partial charge < -0.3 is 10.3 Å². The number of pyridine rings is 1. The Bertz CT molecular complexity index is 442. The normalized spacial score (nSPS) is 12.1. The molecule has 4 nitrogen and oxygen atoms in total. The standard InChI is InChI=1S/C11H15N3O/c1-3-10(13)7-14-8(2)4-5-9(6-12)11(14)15/h4-5,10H,3,7,13H2,1-2H3. The van der Waals surface area contributed by atoms with Crippen molar-refractivity contribution < 1.29 is 0 Å². The van der Waals surface area contributed by atoms with Crippen LogP contribution >= 0.6 is 0 Å². The zero-order chi connectivity index (χ0) is 11.4. The number of hydrogen-bond donors (Lipinski definition) is 1. The van der Waals surface area contributed by atoms with Gasteiger partial charge in [-0.05, 0) is 25.5 Å². The van der Waals surface area contributed by atoms with Crippen LogP contribution in [-0.2, 0) is 6.54 Å². The Hall–Kier alpha value is -1.60. The van der Waals surface area contributed by atoms with Gasteiger partial charge in [0.1, 0.15) is 11.6 Å². The van der Waals surface area contributed by atoms with Crippen molar-refractivity contribution in [2.75, 3.05) is 0 Å². The molecule has 1 aromatic heterocycles. The van der Waals surface area contributed by atoms with E-state index in [4.69, 9.17) is 11.0 Å². The first kappa shape index (κ1) is 11.5. The van der Waals surface area contributed by atoms with Crippen LogP contribution in [0.2, 0.25) is 0 Å². The van der Waals surface area contributed by atoms with Gasteiger partial charge in [-0.1, -0.05) is 6.92 Å². The maximum Gasteiger partial charge on any atom is 0.268 e. The third kappa shape index (κ3) is 2.45. The van der Waals surface area contributed by atoms with Gasteiger partial charge in [0.2, 0.25) is 0 Å². The maximum atomic E-state index is 11.8. The van der Waals surface area contributed by atoms with E-state index in [0.29, 0.717) is 6.54 Å². The third-order valence-electron chi connectivity index (χ3n) is 2.45. The van der Waals surface area contributed by atoms with E-state index in [-0.39, 0.29) is 17.2 Å². The molecule has 1 aromatic rings. The summed E-state index contributed by atoms with van der Waals surface area (Å²) in [5.74, 6) is 0. The van der Waals surface area contributed by atoms with Crippen LogP contribution in [0.1, 0.15) is 24.6 Å². The Morgan fingerprint density at radius 3 is 2.80 bits per heavy atom. The van der Waals surface area contributed by atoms with Gasteiger partial charge in [0.15, 0.2) is 0 Å². The lowest BCUT2D eigenvalue weighted by atomic mass is 10.2. The summed E-state index contributed by atoms with van der Waals surface area (Å²) >= 11 is 0. The molecule has 0 saturated carbocycles. The minimum absolute atomic E-state index is 0.0460. The summed E-state index contributed by atoms with van der Waals surface area (Å²) in [7, 11) is 0. The highest BCUT2D eigenvalue weighted by atomic mass is 16.1. The number of hydrogen-bond acceptors (Lipinski definition) is 3. The van der Waals surface area contributed by atoms with Crippen LogP contribution in [0.4, 0.5) is 0 Å². The summed E-state index contributed by atoms with van der Waals surface area (Å²) in [6.45, 7) is 4.28. The molecule has 80 valence electrons. The summed E-state index contributed by atoms with van der Waals surface area (Å²) in [6.07, 6.45) is 0.808. The first-order valence-corrected chi connectivity index (χ1v) is 4.96. The van der Waals surface area contributed by atoms with Crippen LogP contribution in [-0.4, -0.2) is 10.6 Å². The minimum Gasteiger partial charge on any atom is -0.326 e. The summed E-state index contributed by atoms with van der Waals surface area (Å²) in [5, 5.41) is 8.73. The summed E-state index contributed by atoms with van der Waals surface area (Å²) < 4.78 is 1.56. The average Bonchev–Trinajstić information content (AvgIpc) is 2.24. The second-order valence-corrected chi connectivity index (χ2v) is 3.58. The quantitative estimate of drug-likeness (QED) is 0.792. The van der Waals surface area contributed by atoms with Crippen LogP contribution in [0.25, 0.3) is 0 Å². The molecule has 0 aliphatic carbocycles. The van der Waals surface area contributed by atoms with Crippen molar-refractivity contribution >= 4 is 0 Å². The lowest BCUT2D eigenvalue weighted by Gasteiger charge is -2.14. The minimum atomic E-state index is -0.249. The molecule has 0 fully saturated rings. The van der Waals surface area contributed by atoms with E-state index in [1.54, 1.807) is 16.7 Å². The molecule has 2 N–H and O–H groups in total. The molecule has 1 heterocycles. The molecule has 0 bridgehead atoms. The lowest BCUT2D eigenvalue weighted by Crippen LogP contribution is -2.33. The Morgan fingerprint density at radius 1 is 1.60 bits per heavy atom. The molecule has 0 radical (unpaired) electrons. The predicted octanol–water partition coefficient (Wildman–Crippen LogP) is 0.766. The van der Waals surface area contributed by atoms with E-state index >= 15 is 0 Å². The highest BCUT2D eigenvalue weighted by Gasteiger charge is 2.08. The van der Waals surface area contributed by atoms with E-state index in [1.165, 1.54) is 0 Å². The molecule has 0 spiro atoms. The molecule has 1 unspecified atom stereocenters. The average molecular weight is 205 g/mol. The number of nitrogens with zero attached hydrogens (tertiary/aromatic N) is 2. The smallest absolute Gasteiger partial charge is 0.268 e. The molecule has 0 aromatic carbocycles. The summed E-state index contributed by atoms with van der Waals surface area (Å²) in [5.41, 5.74) is 6.55. The lowest BCUT2D eigenvalue weighted by molar-refractivity contribution is 0.518. The maximum absolute atomic E-state index is 11.8. The molecule has 0 aliphatic heterocycles. The van der Waals surface area contributed by atoms with Gasteiger partial charge in [-0.3, -0.25) is 4.79 Å². The molecular formula is C11H15N3O. The van der Waals surface area contributed by atoms with Crippen molar-refractivity contribution in [1.82, 2.24) is 4.57 Å². The van der Waals surface area contributed by atoms with Crippen molar-refractivity contribution in [2.24, 2.45) is 5.73 Å². The van der Waals surface area contributed by atoms with Crippen LogP contribution in [0, 0.1) is 18.3 Å². The monoisotopic (exact) mass is 205 g/mol. The fourth-order valence-electron chi connectivity index (χ4n) is 1.35.